The Morgan fingerprint density at radius 1 is 1.29 bits per heavy atom. The summed E-state index contributed by atoms with van der Waals surface area (Å²) in [7, 11) is 0. The molecule has 17 heavy (non-hydrogen) atoms. The highest BCUT2D eigenvalue weighted by Gasteiger charge is 2.44. The summed E-state index contributed by atoms with van der Waals surface area (Å²) >= 11 is 5.96. The van der Waals surface area contributed by atoms with Gasteiger partial charge in [0.25, 0.3) is 0 Å². The zero-order chi connectivity index (χ0) is 11.9. The number of terminal acetylenes is 1. The van der Waals surface area contributed by atoms with Crippen LogP contribution in [0, 0.1) is 17.8 Å². The molecule has 0 N–H and O–H groups in total. The average molecular weight is 247 g/mol. The van der Waals surface area contributed by atoms with Crippen molar-refractivity contribution in [2.75, 3.05) is 18.0 Å². The van der Waals surface area contributed by atoms with Crippen LogP contribution in [0.1, 0.15) is 31.2 Å². The molecule has 0 bridgehead atoms. The highest BCUT2D eigenvalue weighted by atomic mass is 35.5. The van der Waals surface area contributed by atoms with Crippen LogP contribution in [-0.2, 0) is 0 Å². The molecule has 2 fully saturated rings. The number of halogens is 1. The highest BCUT2D eigenvalue weighted by molar-refractivity contribution is 6.29. The lowest BCUT2D eigenvalue weighted by Gasteiger charge is -2.34. The topological polar surface area (TPSA) is 16.1 Å². The van der Waals surface area contributed by atoms with Gasteiger partial charge in [0.1, 0.15) is 5.15 Å². The van der Waals surface area contributed by atoms with Gasteiger partial charge in [0, 0.05) is 25.4 Å². The summed E-state index contributed by atoms with van der Waals surface area (Å²) < 4.78 is 0. The summed E-state index contributed by atoms with van der Waals surface area (Å²) in [6.45, 7) is 2.18. The molecular formula is C14H15ClN2. The molecule has 1 saturated heterocycles. The molecule has 0 unspecified atom stereocenters. The predicted octanol–water partition coefficient (Wildman–Crippen LogP) is 3.10. The standard InChI is InChI=1S/C14H15ClN2/c1-2-11-10-16-13(15)9-12(11)17-7-5-14(3-4-14)6-8-17/h1,9-10H,3-8H2. The van der Waals surface area contributed by atoms with E-state index in [1.54, 1.807) is 6.20 Å². The van der Waals surface area contributed by atoms with Gasteiger partial charge >= 0.3 is 0 Å². The summed E-state index contributed by atoms with van der Waals surface area (Å²) in [5.74, 6) is 2.69. The van der Waals surface area contributed by atoms with E-state index in [1.165, 1.54) is 25.7 Å². The van der Waals surface area contributed by atoms with E-state index in [9.17, 15) is 0 Å². The lowest BCUT2D eigenvalue weighted by molar-refractivity contribution is 0.384. The van der Waals surface area contributed by atoms with Gasteiger partial charge in [0.15, 0.2) is 0 Å². The molecule has 1 aliphatic heterocycles. The van der Waals surface area contributed by atoms with E-state index in [0.717, 1.165) is 24.3 Å². The predicted molar refractivity (Wildman–Crippen MR) is 70.3 cm³/mol. The Kier molecular flexibility index (Phi) is 2.52. The maximum Gasteiger partial charge on any atom is 0.131 e. The Hall–Kier alpha value is -1.20. The van der Waals surface area contributed by atoms with E-state index < -0.39 is 0 Å². The van der Waals surface area contributed by atoms with Gasteiger partial charge in [-0.3, -0.25) is 0 Å². The fourth-order valence-electron chi connectivity index (χ4n) is 2.69. The Labute approximate surface area is 107 Å². The Balaban J connectivity index is 1.84. The van der Waals surface area contributed by atoms with Crippen LogP contribution in [0.25, 0.3) is 0 Å². The number of hydrogen-bond acceptors (Lipinski definition) is 2. The van der Waals surface area contributed by atoms with E-state index in [2.05, 4.69) is 15.8 Å². The molecule has 0 amide bonds. The van der Waals surface area contributed by atoms with Gasteiger partial charge in [0.05, 0.1) is 11.3 Å². The van der Waals surface area contributed by atoms with Crippen molar-refractivity contribution >= 4 is 17.3 Å². The molecule has 3 rings (SSSR count). The minimum atomic E-state index is 0.519. The molecule has 0 radical (unpaired) electrons. The molecule has 88 valence electrons. The number of nitrogens with zero attached hydrogens (tertiary/aromatic N) is 2. The molecule has 3 heteroatoms. The van der Waals surface area contributed by atoms with Gasteiger partial charge in [-0.05, 0) is 31.1 Å². The number of hydrogen-bond donors (Lipinski definition) is 0. The van der Waals surface area contributed by atoms with Crippen LogP contribution in [0.5, 0.6) is 0 Å². The van der Waals surface area contributed by atoms with Gasteiger partial charge in [-0.25, -0.2) is 4.98 Å². The first-order chi connectivity index (χ1) is 8.22. The summed E-state index contributed by atoms with van der Waals surface area (Å²) in [4.78, 5) is 6.40. The van der Waals surface area contributed by atoms with Crippen LogP contribution in [-0.4, -0.2) is 18.1 Å². The first-order valence-electron chi connectivity index (χ1n) is 6.10. The van der Waals surface area contributed by atoms with Crippen LogP contribution in [0.2, 0.25) is 5.15 Å². The SMILES string of the molecule is C#Cc1cnc(Cl)cc1N1CCC2(CC1)CC2. The summed E-state index contributed by atoms with van der Waals surface area (Å²) in [6, 6.07) is 1.89. The highest BCUT2D eigenvalue weighted by Crippen LogP contribution is 2.54. The van der Waals surface area contributed by atoms with Crippen molar-refractivity contribution in [1.82, 2.24) is 4.98 Å². The van der Waals surface area contributed by atoms with Gasteiger partial charge in [-0.2, -0.15) is 0 Å². The van der Waals surface area contributed by atoms with Crippen molar-refractivity contribution in [2.24, 2.45) is 5.41 Å². The van der Waals surface area contributed by atoms with Gasteiger partial charge in [-0.15, -0.1) is 6.42 Å². The first kappa shape index (κ1) is 10.9. The minimum absolute atomic E-state index is 0.519. The average Bonchev–Trinajstić information content (AvgIpc) is 3.10. The molecule has 0 aromatic carbocycles. The van der Waals surface area contributed by atoms with Crippen LogP contribution in [0.15, 0.2) is 12.3 Å². The fraction of sp³-hybridized carbons (Fsp3) is 0.500. The molecule has 0 atom stereocenters. The second kappa shape index (κ2) is 3.92. The Morgan fingerprint density at radius 2 is 2.00 bits per heavy atom. The molecule has 1 spiro atoms. The molecule has 2 heterocycles. The number of rotatable bonds is 1. The van der Waals surface area contributed by atoms with Crippen LogP contribution in [0.4, 0.5) is 5.69 Å². The van der Waals surface area contributed by atoms with Gasteiger partial charge < -0.3 is 4.90 Å². The van der Waals surface area contributed by atoms with Gasteiger partial charge in [-0.1, -0.05) is 17.5 Å². The monoisotopic (exact) mass is 246 g/mol. The molecule has 1 aromatic heterocycles. The van der Waals surface area contributed by atoms with Crippen molar-refractivity contribution in [3.05, 3.63) is 23.0 Å². The van der Waals surface area contributed by atoms with Crippen LogP contribution in [0.3, 0.4) is 0 Å². The van der Waals surface area contributed by atoms with E-state index in [-0.39, 0.29) is 0 Å². The third-order valence-electron chi connectivity index (χ3n) is 4.13. The van der Waals surface area contributed by atoms with E-state index in [1.807, 2.05) is 6.07 Å². The molecular weight excluding hydrogens is 232 g/mol. The molecule has 1 aromatic rings. The second-order valence-electron chi connectivity index (χ2n) is 5.16. The van der Waals surface area contributed by atoms with E-state index in [0.29, 0.717) is 10.6 Å². The quantitative estimate of drug-likeness (QED) is 0.559. The summed E-state index contributed by atoms with van der Waals surface area (Å²) in [6.07, 6.45) is 12.6. The van der Waals surface area contributed by atoms with E-state index in [4.69, 9.17) is 18.0 Å². The molecule has 1 saturated carbocycles. The lowest BCUT2D eigenvalue weighted by atomic mass is 9.93. The van der Waals surface area contributed by atoms with Crippen molar-refractivity contribution in [3.8, 4) is 12.3 Å². The fourth-order valence-corrected chi connectivity index (χ4v) is 2.84. The van der Waals surface area contributed by atoms with Crippen molar-refractivity contribution in [3.63, 3.8) is 0 Å². The molecule has 1 aliphatic carbocycles. The number of anilines is 1. The summed E-state index contributed by atoms with van der Waals surface area (Å²) in [5.41, 5.74) is 2.60. The maximum atomic E-state index is 5.96. The van der Waals surface area contributed by atoms with Crippen molar-refractivity contribution in [2.45, 2.75) is 25.7 Å². The number of piperidine rings is 1. The first-order valence-corrected chi connectivity index (χ1v) is 6.47. The van der Waals surface area contributed by atoms with Crippen LogP contribution < -0.4 is 4.90 Å². The third-order valence-corrected chi connectivity index (χ3v) is 4.33. The lowest BCUT2D eigenvalue weighted by Crippen LogP contribution is -2.34. The number of aromatic nitrogens is 1. The maximum absolute atomic E-state index is 5.96. The van der Waals surface area contributed by atoms with Crippen molar-refractivity contribution < 1.29 is 0 Å². The number of pyridine rings is 1. The Morgan fingerprint density at radius 3 is 2.59 bits per heavy atom. The minimum Gasteiger partial charge on any atom is -0.370 e. The van der Waals surface area contributed by atoms with Crippen LogP contribution >= 0.6 is 11.6 Å². The smallest absolute Gasteiger partial charge is 0.131 e. The van der Waals surface area contributed by atoms with Gasteiger partial charge in [0.2, 0.25) is 0 Å². The largest absolute Gasteiger partial charge is 0.370 e. The van der Waals surface area contributed by atoms with E-state index >= 15 is 0 Å². The molecule has 2 aliphatic rings. The second-order valence-corrected chi connectivity index (χ2v) is 5.54. The third kappa shape index (κ3) is 2.00. The normalized spacial score (nSPS) is 21.3. The van der Waals surface area contributed by atoms with Crippen molar-refractivity contribution in [1.29, 1.82) is 0 Å². The zero-order valence-electron chi connectivity index (χ0n) is 9.75. The zero-order valence-corrected chi connectivity index (χ0v) is 10.5. The summed E-state index contributed by atoms with van der Waals surface area (Å²) in [5, 5.41) is 0.519. The molecule has 2 nitrogen and oxygen atoms in total. The Bertz CT molecular complexity index is 475.